The first kappa shape index (κ1) is 18.3. The normalized spacial score (nSPS) is 10.6. The standard InChI is InChI=1S/C17H19NO7/c1-5-25-14-12(13(15(19)22-2)16(20)23-3)10-8-6-7-9-11(10)18(14)17(21)24-4/h6-9,13H,5H2,1-4H3. The van der Waals surface area contributed by atoms with Crippen LogP contribution in [0.2, 0.25) is 0 Å². The number of aromatic nitrogens is 1. The number of nitrogens with zero attached hydrogens (tertiary/aromatic N) is 1. The van der Waals surface area contributed by atoms with Crippen molar-refractivity contribution >= 4 is 28.9 Å². The monoisotopic (exact) mass is 349 g/mol. The van der Waals surface area contributed by atoms with Crippen molar-refractivity contribution < 1.29 is 33.3 Å². The zero-order valence-corrected chi connectivity index (χ0v) is 14.4. The van der Waals surface area contributed by atoms with Gasteiger partial charge in [0.2, 0.25) is 5.88 Å². The van der Waals surface area contributed by atoms with Crippen molar-refractivity contribution in [3.05, 3.63) is 29.8 Å². The predicted octanol–water partition coefficient (Wildman–Crippen LogP) is 2.08. The Hall–Kier alpha value is -3.03. The SMILES string of the molecule is CCOc1c(C(C(=O)OC)C(=O)OC)c2ccccc2n1C(=O)OC. The molecule has 1 heterocycles. The second-order valence-electron chi connectivity index (χ2n) is 4.95. The van der Waals surface area contributed by atoms with E-state index in [0.29, 0.717) is 10.9 Å². The van der Waals surface area contributed by atoms with Crippen LogP contribution in [0.5, 0.6) is 5.88 Å². The second kappa shape index (κ2) is 7.69. The number of carbonyl (C=O) groups is 3. The number of rotatable bonds is 5. The molecular weight excluding hydrogens is 330 g/mol. The van der Waals surface area contributed by atoms with Crippen molar-refractivity contribution in [2.45, 2.75) is 12.8 Å². The van der Waals surface area contributed by atoms with Gasteiger partial charge in [-0.1, -0.05) is 18.2 Å². The van der Waals surface area contributed by atoms with E-state index in [0.717, 1.165) is 14.2 Å². The molecule has 2 aromatic rings. The number of ether oxygens (including phenoxy) is 4. The molecule has 8 nitrogen and oxygen atoms in total. The van der Waals surface area contributed by atoms with E-state index in [1.807, 2.05) is 0 Å². The molecule has 2 rings (SSSR count). The van der Waals surface area contributed by atoms with Gasteiger partial charge < -0.3 is 18.9 Å². The third-order valence-corrected chi connectivity index (χ3v) is 3.67. The highest BCUT2D eigenvalue weighted by atomic mass is 16.6. The molecule has 0 aliphatic rings. The molecule has 1 aromatic carbocycles. The van der Waals surface area contributed by atoms with Crippen molar-refractivity contribution in [3.8, 4) is 5.88 Å². The van der Waals surface area contributed by atoms with E-state index in [1.54, 1.807) is 31.2 Å². The van der Waals surface area contributed by atoms with E-state index in [2.05, 4.69) is 0 Å². The molecule has 0 saturated carbocycles. The third-order valence-electron chi connectivity index (χ3n) is 3.67. The molecule has 0 saturated heterocycles. The quantitative estimate of drug-likeness (QED) is 0.463. The third kappa shape index (κ3) is 3.15. The summed E-state index contributed by atoms with van der Waals surface area (Å²) in [6.45, 7) is 1.92. The molecule has 0 unspecified atom stereocenters. The van der Waals surface area contributed by atoms with Crippen LogP contribution in [0.3, 0.4) is 0 Å². The van der Waals surface area contributed by atoms with E-state index in [4.69, 9.17) is 18.9 Å². The second-order valence-corrected chi connectivity index (χ2v) is 4.95. The molecule has 134 valence electrons. The molecule has 0 atom stereocenters. The van der Waals surface area contributed by atoms with Crippen LogP contribution >= 0.6 is 0 Å². The summed E-state index contributed by atoms with van der Waals surface area (Å²) in [4.78, 5) is 36.8. The molecule has 0 aliphatic heterocycles. The maximum Gasteiger partial charge on any atom is 0.421 e. The fourth-order valence-electron chi connectivity index (χ4n) is 2.64. The molecule has 1 aromatic heterocycles. The highest BCUT2D eigenvalue weighted by molar-refractivity contribution is 6.07. The summed E-state index contributed by atoms with van der Waals surface area (Å²) in [5, 5.41) is 0.483. The van der Waals surface area contributed by atoms with Crippen LogP contribution < -0.4 is 4.74 Å². The highest BCUT2D eigenvalue weighted by Gasteiger charge is 2.38. The fourth-order valence-corrected chi connectivity index (χ4v) is 2.64. The van der Waals surface area contributed by atoms with E-state index in [9.17, 15) is 14.4 Å². The molecule has 0 amide bonds. The van der Waals surface area contributed by atoms with Gasteiger partial charge in [0.15, 0.2) is 5.92 Å². The van der Waals surface area contributed by atoms with Crippen molar-refractivity contribution in [2.24, 2.45) is 0 Å². The van der Waals surface area contributed by atoms with Gasteiger partial charge in [-0.05, 0) is 13.0 Å². The summed E-state index contributed by atoms with van der Waals surface area (Å²) in [5.74, 6) is -3.00. The van der Waals surface area contributed by atoms with E-state index in [-0.39, 0.29) is 18.1 Å². The lowest BCUT2D eigenvalue weighted by Crippen LogP contribution is -2.25. The zero-order valence-electron chi connectivity index (χ0n) is 14.4. The summed E-state index contributed by atoms with van der Waals surface area (Å²) in [7, 11) is 3.56. The molecule has 0 bridgehead atoms. The Morgan fingerprint density at radius 3 is 2.12 bits per heavy atom. The maximum absolute atomic E-state index is 12.3. The summed E-state index contributed by atoms with van der Waals surface area (Å²) < 4.78 is 21.1. The average Bonchev–Trinajstić information content (AvgIpc) is 2.95. The van der Waals surface area contributed by atoms with Crippen LogP contribution in [0.25, 0.3) is 10.9 Å². The van der Waals surface area contributed by atoms with Gasteiger partial charge in [0, 0.05) is 10.9 Å². The van der Waals surface area contributed by atoms with E-state index >= 15 is 0 Å². The first-order valence-electron chi connectivity index (χ1n) is 7.51. The zero-order chi connectivity index (χ0) is 18.6. The van der Waals surface area contributed by atoms with Gasteiger partial charge in [0.05, 0.1) is 33.5 Å². The largest absolute Gasteiger partial charge is 0.479 e. The number of fused-ring (bicyclic) bond motifs is 1. The number of hydrogen-bond donors (Lipinski definition) is 0. The van der Waals surface area contributed by atoms with Crippen LogP contribution in [-0.4, -0.2) is 50.5 Å². The summed E-state index contributed by atoms with van der Waals surface area (Å²) in [6, 6.07) is 6.76. The Morgan fingerprint density at radius 1 is 1.00 bits per heavy atom. The lowest BCUT2D eigenvalue weighted by Gasteiger charge is -2.15. The first-order valence-corrected chi connectivity index (χ1v) is 7.51. The number of esters is 2. The van der Waals surface area contributed by atoms with Crippen LogP contribution in [0.15, 0.2) is 24.3 Å². The minimum absolute atomic E-state index is 0.0383. The maximum atomic E-state index is 12.3. The number of para-hydroxylation sites is 1. The van der Waals surface area contributed by atoms with Crippen molar-refractivity contribution in [3.63, 3.8) is 0 Å². The fraction of sp³-hybridized carbons (Fsp3) is 0.353. The lowest BCUT2D eigenvalue weighted by molar-refractivity contribution is -0.154. The average molecular weight is 349 g/mol. The van der Waals surface area contributed by atoms with Gasteiger partial charge >= 0.3 is 18.0 Å². The molecule has 0 N–H and O–H groups in total. The van der Waals surface area contributed by atoms with Gasteiger partial charge in [-0.15, -0.1) is 0 Å². The van der Waals surface area contributed by atoms with Crippen LogP contribution in [0.1, 0.15) is 18.4 Å². The van der Waals surface area contributed by atoms with Gasteiger partial charge in [-0.3, -0.25) is 9.59 Å². The van der Waals surface area contributed by atoms with Crippen molar-refractivity contribution in [1.82, 2.24) is 4.57 Å². The smallest absolute Gasteiger partial charge is 0.421 e. The van der Waals surface area contributed by atoms with Crippen LogP contribution in [0, 0.1) is 0 Å². The highest BCUT2D eigenvalue weighted by Crippen LogP contribution is 2.39. The molecule has 0 spiro atoms. The van der Waals surface area contributed by atoms with E-state index in [1.165, 1.54) is 11.7 Å². The Kier molecular flexibility index (Phi) is 5.63. The van der Waals surface area contributed by atoms with E-state index < -0.39 is 23.9 Å². The van der Waals surface area contributed by atoms with Gasteiger partial charge in [0.25, 0.3) is 0 Å². The molecule has 8 heteroatoms. The summed E-state index contributed by atoms with van der Waals surface area (Å²) in [5.41, 5.74) is 0.632. The summed E-state index contributed by atoms with van der Waals surface area (Å²) in [6.07, 6.45) is -0.709. The van der Waals surface area contributed by atoms with Gasteiger partial charge in [0.1, 0.15) is 0 Å². The lowest BCUT2D eigenvalue weighted by atomic mass is 9.98. The van der Waals surface area contributed by atoms with Crippen molar-refractivity contribution in [2.75, 3.05) is 27.9 Å². The Morgan fingerprint density at radius 2 is 1.60 bits per heavy atom. The first-order chi connectivity index (χ1) is 12.0. The number of hydrogen-bond acceptors (Lipinski definition) is 7. The van der Waals surface area contributed by atoms with Crippen molar-refractivity contribution in [1.29, 1.82) is 0 Å². The molecule has 25 heavy (non-hydrogen) atoms. The topological polar surface area (TPSA) is 93.1 Å². The Bertz CT molecular complexity index is 793. The number of methoxy groups -OCH3 is 3. The minimum Gasteiger partial charge on any atom is -0.479 e. The van der Waals surface area contributed by atoms with Crippen LogP contribution in [-0.2, 0) is 23.8 Å². The van der Waals surface area contributed by atoms with Gasteiger partial charge in [-0.2, -0.15) is 0 Å². The molecule has 0 aliphatic carbocycles. The van der Waals surface area contributed by atoms with Crippen LogP contribution in [0.4, 0.5) is 4.79 Å². The predicted molar refractivity (Wildman–Crippen MR) is 87.7 cm³/mol. The summed E-state index contributed by atoms with van der Waals surface area (Å²) >= 11 is 0. The van der Waals surface area contributed by atoms with Gasteiger partial charge in [-0.25, -0.2) is 9.36 Å². The Labute approximate surface area is 144 Å². The molecule has 0 fully saturated rings. The molecule has 0 radical (unpaired) electrons. The Balaban J connectivity index is 2.89. The number of benzene rings is 1. The minimum atomic E-state index is -1.40. The number of carbonyl (C=O) groups excluding carboxylic acids is 3. The molecular formula is C17H19NO7.